The molecule has 2 nitrogen and oxygen atoms in total. The van der Waals surface area contributed by atoms with E-state index in [-0.39, 0.29) is 11.6 Å². The van der Waals surface area contributed by atoms with Gasteiger partial charge in [-0.15, -0.1) is 0 Å². The summed E-state index contributed by atoms with van der Waals surface area (Å²) in [6.45, 7) is 8.90. The van der Waals surface area contributed by atoms with Crippen LogP contribution in [0.25, 0.3) is 0 Å². The molecule has 2 heteroatoms. The maximum absolute atomic E-state index is 11.6. The van der Waals surface area contributed by atoms with E-state index in [2.05, 4.69) is 0 Å². The predicted molar refractivity (Wildman–Crippen MR) is 48.9 cm³/mol. The van der Waals surface area contributed by atoms with Gasteiger partial charge in [0.15, 0.2) is 0 Å². The fraction of sp³-hybridized carbons (Fsp3) is 0.800. The third-order valence-electron chi connectivity index (χ3n) is 1.95. The summed E-state index contributed by atoms with van der Waals surface area (Å²) < 4.78 is 0. The van der Waals surface area contributed by atoms with Gasteiger partial charge in [-0.25, -0.2) is 0 Å². The van der Waals surface area contributed by atoms with Gasteiger partial charge in [0.2, 0.25) is 0 Å². The van der Waals surface area contributed by atoms with Crippen molar-refractivity contribution in [1.82, 2.24) is 0 Å². The lowest BCUT2D eigenvalue weighted by molar-refractivity contribution is -0.136. The molecule has 0 aromatic carbocycles. The Labute approximate surface area is 74.3 Å². The minimum Gasteiger partial charge on any atom is -0.299 e. The van der Waals surface area contributed by atoms with Crippen LogP contribution in [-0.4, -0.2) is 11.6 Å². The van der Waals surface area contributed by atoms with E-state index in [9.17, 15) is 9.59 Å². The van der Waals surface area contributed by atoms with Crippen LogP contribution in [0.5, 0.6) is 0 Å². The van der Waals surface area contributed by atoms with Gasteiger partial charge in [0.25, 0.3) is 0 Å². The molecule has 0 fully saturated rings. The maximum Gasteiger partial charge on any atom is 0.148 e. The van der Waals surface area contributed by atoms with Crippen molar-refractivity contribution in [2.45, 2.75) is 41.0 Å². The summed E-state index contributed by atoms with van der Waals surface area (Å²) in [5.41, 5.74) is -0.396. The van der Waals surface area contributed by atoms with Gasteiger partial charge >= 0.3 is 0 Å². The highest BCUT2D eigenvalue weighted by Crippen LogP contribution is 2.22. The molecule has 0 aliphatic rings. The van der Waals surface area contributed by atoms with Crippen LogP contribution in [0, 0.1) is 11.3 Å². The van der Waals surface area contributed by atoms with Crippen molar-refractivity contribution in [2.75, 3.05) is 0 Å². The highest BCUT2D eigenvalue weighted by Gasteiger charge is 2.30. The van der Waals surface area contributed by atoms with Crippen LogP contribution in [0.1, 0.15) is 41.0 Å². The molecule has 1 unspecified atom stereocenters. The summed E-state index contributed by atoms with van der Waals surface area (Å²) in [6.07, 6.45) is 0.617. The number of hydrogen-bond acceptors (Lipinski definition) is 2. The SMILES string of the molecule is CCC(C(C)=O)C(=O)C(C)(C)C. The van der Waals surface area contributed by atoms with E-state index >= 15 is 0 Å². The van der Waals surface area contributed by atoms with Crippen molar-refractivity contribution in [3.8, 4) is 0 Å². The number of hydrogen-bond donors (Lipinski definition) is 0. The van der Waals surface area contributed by atoms with E-state index in [4.69, 9.17) is 0 Å². The zero-order valence-electron chi connectivity index (χ0n) is 8.60. The van der Waals surface area contributed by atoms with E-state index in [0.717, 1.165) is 0 Å². The molecule has 0 spiro atoms. The summed E-state index contributed by atoms with van der Waals surface area (Å²) in [6, 6.07) is 0. The minimum absolute atomic E-state index is 0.0163. The van der Waals surface area contributed by atoms with Crippen LogP contribution >= 0.6 is 0 Å². The van der Waals surface area contributed by atoms with Gasteiger partial charge in [0.05, 0.1) is 5.92 Å². The molecular formula is C10H18O2. The highest BCUT2D eigenvalue weighted by atomic mass is 16.2. The Balaban J connectivity index is 4.55. The molecule has 0 bridgehead atoms. The van der Waals surface area contributed by atoms with Gasteiger partial charge in [0, 0.05) is 5.41 Å². The lowest BCUT2D eigenvalue weighted by atomic mass is 9.80. The number of carbonyl (C=O) groups is 2. The number of carbonyl (C=O) groups excluding carboxylic acids is 2. The summed E-state index contributed by atoms with van der Waals surface area (Å²) in [5.74, 6) is -0.361. The van der Waals surface area contributed by atoms with Crippen molar-refractivity contribution in [3.63, 3.8) is 0 Å². The topological polar surface area (TPSA) is 34.1 Å². The van der Waals surface area contributed by atoms with Crippen molar-refractivity contribution in [2.24, 2.45) is 11.3 Å². The first-order valence-electron chi connectivity index (χ1n) is 4.35. The molecule has 0 aliphatic carbocycles. The molecule has 12 heavy (non-hydrogen) atoms. The van der Waals surface area contributed by atoms with Crippen LogP contribution in [-0.2, 0) is 9.59 Å². The maximum atomic E-state index is 11.6. The molecule has 0 N–H and O–H groups in total. The fourth-order valence-corrected chi connectivity index (χ4v) is 1.18. The number of Topliss-reactive ketones (excluding diaryl/α,β-unsaturated/α-hetero) is 2. The second-order valence-corrected chi connectivity index (χ2v) is 4.19. The molecule has 1 atom stereocenters. The average Bonchev–Trinajstić information content (AvgIpc) is 1.86. The van der Waals surface area contributed by atoms with E-state index in [1.807, 2.05) is 27.7 Å². The summed E-state index contributed by atoms with van der Waals surface area (Å²) in [5, 5.41) is 0. The summed E-state index contributed by atoms with van der Waals surface area (Å²) in [7, 11) is 0. The lowest BCUT2D eigenvalue weighted by Crippen LogP contribution is -2.32. The van der Waals surface area contributed by atoms with Gasteiger partial charge in [-0.1, -0.05) is 27.7 Å². The standard InChI is InChI=1S/C10H18O2/c1-6-8(7(2)11)9(12)10(3,4)5/h8H,6H2,1-5H3. The third kappa shape index (κ3) is 2.76. The van der Waals surface area contributed by atoms with Crippen molar-refractivity contribution < 1.29 is 9.59 Å². The van der Waals surface area contributed by atoms with Crippen LogP contribution in [0.3, 0.4) is 0 Å². The van der Waals surface area contributed by atoms with Gasteiger partial charge in [-0.3, -0.25) is 9.59 Å². The van der Waals surface area contributed by atoms with Crippen LogP contribution in [0.4, 0.5) is 0 Å². The fourth-order valence-electron chi connectivity index (χ4n) is 1.18. The zero-order chi connectivity index (χ0) is 9.94. The Kier molecular flexibility index (Phi) is 3.62. The van der Waals surface area contributed by atoms with Crippen LogP contribution < -0.4 is 0 Å². The second-order valence-electron chi connectivity index (χ2n) is 4.19. The third-order valence-corrected chi connectivity index (χ3v) is 1.95. The van der Waals surface area contributed by atoms with E-state index in [1.165, 1.54) is 6.92 Å². The monoisotopic (exact) mass is 170 g/mol. The van der Waals surface area contributed by atoms with E-state index in [0.29, 0.717) is 6.42 Å². The van der Waals surface area contributed by atoms with Crippen molar-refractivity contribution in [3.05, 3.63) is 0 Å². The summed E-state index contributed by atoms with van der Waals surface area (Å²) in [4.78, 5) is 22.7. The second kappa shape index (κ2) is 3.83. The van der Waals surface area contributed by atoms with Gasteiger partial charge in [-0.2, -0.15) is 0 Å². The quantitative estimate of drug-likeness (QED) is 0.608. The van der Waals surface area contributed by atoms with E-state index in [1.54, 1.807) is 0 Å². The number of ketones is 2. The molecular weight excluding hydrogens is 152 g/mol. The van der Waals surface area contributed by atoms with Crippen molar-refractivity contribution >= 4 is 11.6 Å². The molecule has 0 rings (SSSR count). The van der Waals surface area contributed by atoms with Crippen LogP contribution in [0.15, 0.2) is 0 Å². The summed E-state index contributed by atoms with van der Waals surface area (Å²) >= 11 is 0. The molecule has 0 aromatic heterocycles. The zero-order valence-corrected chi connectivity index (χ0v) is 8.60. The first-order valence-corrected chi connectivity index (χ1v) is 4.35. The lowest BCUT2D eigenvalue weighted by Gasteiger charge is -2.21. The molecule has 0 radical (unpaired) electrons. The average molecular weight is 170 g/mol. The first-order chi connectivity index (χ1) is 5.30. The van der Waals surface area contributed by atoms with Crippen LogP contribution in [0.2, 0.25) is 0 Å². The minimum atomic E-state index is -0.398. The smallest absolute Gasteiger partial charge is 0.148 e. The first kappa shape index (κ1) is 11.3. The van der Waals surface area contributed by atoms with Gasteiger partial charge < -0.3 is 0 Å². The molecule has 0 aliphatic heterocycles. The Morgan fingerprint density at radius 1 is 1.25 bits per heavy atom. The predicted octanol–water partition coefficient (Wildman–Crippen LogP) is 2.22. The number of rotatable bonds is 3. The Bertz CT molecular complexity index is 187. The van der Waals surface area contributed by atoms with E-state index < -0.39 is 11.3 Å². The van der Waals surface area contributed by atoms with Gasteiger partial charge in [0.1, 0.15) is 11.6 Å². The molecule has 70 valence electrons. The largest absolute Gasteiger partial charge is 0.299 e. The molecule has 0 aromatic rings. The Morgan fingerprint density at radius 3 is 1.75 bits per heavy atom. The normalized spacial score (nSPS) is 14.1. The molecule has 0 saturated heterocycles. The molecule has 0 amide bonds. The molecule has 0 heterocycles. The molecule has 0 saturated carbocycles. The Morgan fingerprint density at radius 2 is 1.67 bits per heavy atom. The van der Waals surface area contributed by atoms with Crippen molar-refractivity contribution in [1.29, 1.82) is 0 Å². The Hall–Kier alpha value is -0.660. The van der Waals surface area contributed by atoms with Gasteiger partial charge in [-0.05, 0) is 13.3 Å². The highest BCUT2D eigenvalue weighted by molar-refractivity contribution is 6.03.